The molecule has 0 bridgehead atoms. The molecule has 1 aliphatic carbocycles. The maximum atomic E-state index is 5.50. The summed E-state index contributed by atoms with van der Waals surface area (Å²) in [5, 5.41) is 0. The van der Waals surface area contributed by atoms with Crippen molar-refractivity contribution in [1.82, 2.24) is 9.55 Å². The molecular formula is C22H38N2O2. The topological polar surface area (TPSA) is 36.3 Å². The van der Waals surface area contributed by atoms with Gasteiger partial charge in [-0.1, -0.05) is 47.5 Å². The SMILES string of the molecule is CC.CC1CC1.COCCCCn1cc(C(C)C)c2nccc(OC)c21. The van der Waals surface area contributed by atoms with E-state index < -0.39 is 0 Å². The van der Waals surface area contributed by atoms with Gasteiger partial charge in [-0.05, 0) is 30.2 Å². The highest BCUT2D eigenvalue weighted by molar-refractivity contribution is 5.85. The van der Waals surface area contributed by atoms with Gasteiger partial charge < -0.3 is 14.0 Å². The van der Waals surface area contributed by atoms with Gasteiger partial charge in [0.25, 0.3) is 0 Å². The van der Waals surface area contributed by atoms with Crippen molar-refractivity contribution in [3.8, 4) is 5.75 Å². The number of nitrogens with zero attached hydrogens (tertiary/aromatic N) is 2. The molecule has 1 saturated carbocycles. The second kappa shape index (κ2) is 11.9. The number of pyridine rings is 1. The van der Waals surface area contributed by atoms with Gasteiger partial charge in [-0.25, -0.2) is 0 Å². The van der Waals surface area contributed by atoms with E-state index in [9.17, 15) is 0 Å². The Morgan fingerprint density at radius 2 is 1.85 bits per heavy atom. The van der Waals surface area contributed by atoms with E-state index in [1.165, 1.54) is 18.4 Å². The van der Waals surface area contributed by atoms with E-state index in [1.807, 2.05) is 26.1 Å². The summed E-state index contributed by atoms with van der Waals surface area (Å²) in [6, 6.07) is 1.93. The van der Waals surface area contributed by atoms with Crippen molar-refractivity contribution in [1.29, 1.82) is 0 Å². The summed E-state index contributed by atoms with van der Waals surface area (Å²) in [5.41, 5.74) is 3.45. The Morgan fingerprint density at radius 1 is 1.19 bits per heavy atom. The average molecular weight is 363 g/mol. The summed E-state index contributed by atoms with van der Waals surface area (Å²) < 4.78 is 12.9. The maximum absolute atomic E-state index is 5.50. The van der Waals surface area contributed by atoms with Crippen LogP contribution in [0.25, 0.3) is 11.0 Å². The summed E-state index contributed by atoms with van der Waals surface area (Å²) in [4.78, 5) is 4.55. The third kappa shape index (κ3) is 6.64. The number of rotatable bonds is 7. The van der Waals surface area contributed by atoms with E-state index in [2.05, 4.69) is 36.5 Å². The largest absolute Gasteiger partial charge is 0.494 e. The normalized spacial score (nSPS) is 13.1. The van der Waals surface area contributed by atoms with E-state index in [4.69, 9.17) is 9.47 Å². The first kappa shape index (κ1) is 22.5. The van der Waals surface area contributed by atoms with Crippen LogP contribution in [0.15, 0.2) is 18.5 Å². The molecule has 0 unspecified atom stereocenters. The number of hydrogen-bond acceptors (Lipinski definition) is 3. The molecule has 2 aromatic rings. The fourth-order valence-electron chi connectivity index (χ4n) is 2.68. The van der Waals surface area contributed by atoms with Gasteiger partial charge >= 0.3 is 0 Å². The number of fused-ring (bicyclic) bond motifs is 1. The first-order valence-corrected chi connectivity index (χ1v) is 10.1. The quantitative estimate of drug-likeness (QED) is 0.564. The number of unbranched alkanes of at least 4 members (excludes halogenated alkanes) is 1. The molecule has 4 nitrogen and oxygen atoms in total. The molecule has 0 saturated heterocycles. The highest BCUT2D eigenvalue weighted by atomic mass is 16.5. The van der Waals surface area contributed by atoms with Crippen molar-refractivity contribution in [2.75, 3.05) is 20.8 Å². The summed E-state index contributed by atoms with van der Waals surface area (Å²) in [6.07, 6.45) is 9.17. The van der Waals surface area contributed by atoms with Crippen molar-refractivity contribution < 1.29 is 9.47 Å². The minimum atomic E-state index is 0.456. The Bertz CT molecular complexity index is 630. The molecule has 0 aliphatic heterocycles. The van der Waals surface area contributed by atoms with Crippen LogP contribution in [0.1, 0.15) is 71.8 Å². The van der Waals surface area contributed by atoms with E-state index in [0.717, 1.165) is 48.7 Å². The maximum Gasteiger partial charge on any atom is 0.146 e. The van der Waals surface area contributed by atoms with Crippen molar-refractivity contribution in [3.63, 3.8) is 0 Å². The molecule has 3 rings (SSSR count). The van der Waals surface area contributed by atoms with E-state index in [1.54, 1.807) is 14.2 Å². The number of ether oxygens (including phenoxy) is 2. The Kier molecular flexibility index (Phi) is 10.3. The molecule has 26 heavy (non-hydrogen) atoms. The van der Waals surface area contributed by atoms with Crippen molar-refractivity contribution in [2.45, 2.75) is 72.8 Å². The second-order valence-corrected chi connectivity index (χ2v) is 7.03. The van der Waals surface area contributed by atoms with Gasteiger partial charge in [-0.2, -0.15) is 0 Å². The summed E-state index contributed by atoms with van der Waals surface area (Å²) in [7, 11) is 3.46. The van der Waals surface area contributed by atoms with Gasteiger partial charge in [-0.3, -0.25) is 4.98 Å². The van der Waals surface area contributed by atoms with Crippen molar-refractivity contribution in [2.24, 2.45) is 5.92 Å². The van der Waals surface area contributed by atoms with E-state index in [-0.39, 0.29) is 0 Å². The van der Waals surface area contributed by atoms with Crippen LogP contribution >= 0.6 is 0 Å². The third-order valence-corrected chi connectivity index (χ3v) is 4.45. The molecular weight excluding hydrogens is 324 g/mol. The highest BCUT2D eigenvalue weighted by Gasteiger charge is 2.15. The van der Waals surface area contributed by atoms with Crippen LogP contribution in [-0.2, 0) is 11.3 Å². The Balaban J connectivity index is 0.000000484. The van der Waals surface area contributed by atoms with Gasteiger partial charge in [0.2, 0.25) is 0 Å². The first-order valence-electron chi connectivity index (χ1n) is 10.1. The predicted molar refractivity (Wildman–Crippen MR) is 111 cm³/mol. The summed E-state index contributed by atoms with van der Waals surface area (Å²) in [5.74, 6) is 2.44. The molecule has 1 aliphatic rings. The minimum Gasteiger partial charge on any atom is -0.494 e. The predicted octanol–water partition coefficient (Wildman–Crippen LogP) is 6.04. The molecule has 0 spiro atoms. The summed E-state index contributed by atoms with van der Waals surface area (Å²) in [6.45, 7) is 12.5. The Morgan fingerprint density at radius 3 is 2.35 bits per heavy atom. The van der Waals surface area contributed by atoms with Gasteiger partial charge in [0.1, 0.15) is 11.3 Å². The van der Waals surface area contributed by atoms with Crippen molar-refractivity contribution >= 4 is 11.0 Å². The standard InChI is InChI=1S/C16H24N2O2.C4H8.C2H6/c1-12(2)13-11-18(9-5-6-10-19-3)16-14(20-4)7-8-17-15(13)16;1-4-2-3-4;1-2/h7-8,11-12H,5-6,9-10H2,1-4H3;4H,2-3H2,1H3;1-2H3. The smallest absolute Gasteiger partial charge is 0.146 e. The average Bonchev–Trinajstić information content (AvgIpc) is 3.35. The zero-order valence-electron chi connectivity index (χ0n) is 17.8. The number of hydrogen-bond donors (Lipinski definition) is 0. The van der Waals surface area contributed by atoms with Crippen LogP contribution in [0.4, 0.5) is 0 Å². The van der Waals surface area contributed by atoms with E-state index >= 15 is 0 Å². The molecule has 0 N–H and O–H groups in total. The fourth-order valence-corrected chi connectivity index (χ4v) is 2.68. The number of methoxy groups -OCH3 is 2. The molecule has 0 radical (unpaired) electrons. The van der Waals surface area contributed by atoms with Gasteiger partial charge in [0.15, 0.2) is 0 Å². The lowest BCUT2D eigenvalue weighted by molar-refractivity contribution is 0.191. The van der Waals surface area contributed by atoms with Gasteiger partial charge in [0, 0.05) is 38.7 Å². The molecule has 2 heterocycles. The molecule has 0 amide bonds. The number of aromatic nitrogens is 2. The van der Waals surface area contributed by atoms with Gasteiger partial charge in [-0.15, -0.1) is 0 Å². The van der Waals surface area contributed by atoms with Crippen LogP contribution in [0.2, 0.25) is 0 Å². The Hall–Kier alpha value is -1.55. The molecule has 2 aromatic heterocycles. The second-order valence-electron chi connectivity index (χ2n) is 7.03. The zero-order valence-corrected chi connectivity index (χ0v) is 17.8. The van der Waals surface area contributed by atoms with Crippen LogP contribution in [0.3, 0.4) is 0 Å². The van der Waals surface area contributed by atoms with Crippen LogP contribution < -0.4 is 4.74 Å². The van der Waals surface area contributed by atoms with E-state index in [0.29, 0.717) is 5.92 Å². The number of aryl methyl sites for hydroxylation is 1. The lowest BCUT2D eigenvalue weighted by atomic mass is 10.1. The van der Waals surface area contributed by atoms with Crippen molar-refractivity contribution in [3.05, 3.63) is 24.0 Å². The Labute approximate surface area is 159 Å². The monoisotopic (exact) mass is 362 g/mol. The third-order valence-electron chi connectivity index (χ3n) is 4.45. The first-order chi connectivity index (χ1) is 12.6. The molecule has 0 aromatic carbocycles. The van der Waals surface area contributed by atoms with Gasteiger partial charge in [0.05, 0.1) is 12.6 Å². The highest BCUT2D eigenvalue weighted by Crippen LogP contribution is 2.32. The molecule has 0 atom stereocenters. The lowest BCUT2D eigenvalue weighted by Crippen LogP contribution is -2.00. The fraction of sp³-hybridized carbons (Fsp3) is 0.682. The zero-order chi connectivity index (χ0) is 19.5. The lowest BCUT2D eigenvalue weighted by Gasteiger charge is -2.08. The van der Waals surface area contributed by atoms with Crippen LogP contribution in [0.5, 0.6) is 5.75 Å². The summed E-state index contributed by atoms with van der Waals surface area (Å²) >= 11 is 0. The minimum absolute atomic E-state index is 0.456. The molecule has 148 valence electrons. The molecule has 1 fully saturated rings. The molecule has 4 heteroatoms. The van der Waals surface area contributed by atoms with Crippen LogP contribution in [-0.4, -0.2) is 30.4 Å². The van der Waals surface area contributed by atoms with Crippen LogP contribution in [0, 0.1) is 5.92 Å².